The summed E-state index contributed by atoms with van der Waals surface area (Å²) in [6, 6.07) is 11.9. The first-order chi connectivity index (χ1) is 8.61. The lowest BCUT2D eigenvalue weighted by atomic mass is 9.99. The third-order valence-electron chi connectivity index (χ3n) is 2.60. The van der Waals surface area contributed by atoms with Gasteiger partial charge in [-0.15, -0.1) is 0 Å². The molecule has 0 saturated heterocycles. The maximum absolute atomic E-state index is 13.8. The highest BCUT2D eigenvalue weighted by molar-refractivity contribution is 9.11. The second kappa shape index (κ2) is 5.93. The van der Waals surface area contributed by atoms with E-state index in [2.05, 4.69) is 37.3 Å². The lowest BCUT2D eigenvalue weighted by Crippen LogP contribution is -2.29. The minimum absolute atomic E-state index is 0.281. The number of halogens is 3. The summed E-state index contributed by atoms with van der Waals surface area (Å²) in [5.74, 6) is 5.28. The molecule has 2 rings (SSSR count). The molecule has 0 saturated carbocycles. The molecule has 0 spiro atoms. The largest absolute Gasteiger partial charge is 0.271 e. The van der Waals surface area contributed by atoms with Crippen LogP contribution in [0.1, 0.15) is 17.2 Å². The van der Waals surface area contributed by atoms with Gasteiger partial charge in [-0.25, -0.2) is 9.82 Å². The smallest absolute Gasteiger partial charge is 0.128 e. The normalized spacial score (nSPS) is 12.4. The van der Waals surface area contributed by atoms with E-state index in [1.54, 1.807) is 18.2 Å². The molecule has 0 aliphatic heterocycles. The molecular weight excluding hydrogens is 363 g/mol. The summed E-state index contributed by atoms with van der Waals surface area (Å²) in [4.78, 5) is 0. The molecule has 18 heavy (non-hydrogen) atoms. The molecule has 0 radical (unpaired) electrons. The summed E-state index contributed by atoms with van der Waals surface area (Å²) < 4.78 is 15.6. The van der Waals surface area contributed by atoms with Crippen LogP contribution in [-0.4, -0.2) is 0 Å². The van der Waals surface area contributed by atoms with Gasteiger partial charge in [0.15, 0.2) is 0 Å². The zero-order chi connectivity index (χ0) is 13.1. The van der Waals surface area contributed by atoms with Gasteiger partial charge in [0.2, 0.25) is 0 Å². The molecule has 3 N–H and O–H groups in total. The Labute approximate surface area is 122 Å². The quantitative estimate of drug-likeness (QED) is 0.632. The van der Waals surface area contributed by atoms with Crippen LogP contribution >= 0.6 is 31.9 Å². The maximum atomic E-state index is 13.8. The summed E-state index contributed by atoms with van der Waals surface area (Å²) in [6.07, 6.45) is 0. The zero-order valence-corrected chi connectivity index (χ0v) is 12.5. The van der Waals surface area contributed by atoms with Crippen LogP contribution in [0.4, 0.5) is 4.39 Å². The first kappa shape index (κ1) is 13.7. The SMILES string of the molecule is NNC(c1cc(Br)cc(Br)c1)c1ccccc1F. The highest BCUT2D eigenvalue weighted by Gasteiger charge is 2.16. The molecule has 0 aliphatic rings. The first-order valence-corrected chi connectivity index (χ1v) is 6.87. The van der Waals surface area contributed by atoms with Gasteiger partial charge in [-0.2, -0.15) is 0 Å². The molecule has 2 aromatic carbocycles. The Morgan fingerprint density at radius 2 is 1.67 bits per heavy atom. The maximum Gasteiger partial charge on any atom is 0.128 e. The first-order valence-electron chi connectivity index (χ1n) is 5.28. The Balaban J connectivity index is 2.48. The third-order valence-corrected chi connectivity index (χ3v) is 3.52. The zero-order valence-electron chi connectivity index (χ0n) is 9.33. The van der Waals surface area contributed by atoms with E-state index < -0.39 is 0 Å². The number of nitrogens with one attached hydrogen (secondary N) is 1. The predicted molar refractivity (Wildman–Crippen MR) is 77.4 cm³/mol. The van der Waals surface area contributed by atoms with Crippen molar-refractivity contribution in [3.63, 3.8) is 0 Å². The van der Waals surface area contributed by atoms with Gasteiger partial charge in [0.25, 0.3) is 0 Å². The van der Waals surface area contributed by atoms with Gasteiger partial charge in [-0.1, -0.05) is 50.1 Å². The third kappa shape index (κ3) is 2.98. The van der Waals surface area contributed by atoms with Crippen LogP contribution in [0.5, 0.6) is 0 Å². The predicted octanol–water partition coefficient (Wildman–Crippen LogP) is 3.90. The van der Waals surface area contributed by atoms with Crippen molar-refractivity contribution in [3.05, 3.63) is 68.4 Å². The minimum atomic E-state index is -0.389. The van der Waals surface area contributed by atoms with Gasteiger partial charge in [-0.05, 0) is 29.8 Å². The molecule has 0 bridgehead atoms. The Morgan fingerprint density at radius 3 is 2.22 bits per heavy atom. The molecule has 2 nitrogen and oxygen atoms in total. The molecular formula is C13H11Br2FN2. The van der Waals surface area contributed by atoms with E-state index in [4.69, 9.17) is 5.84 Å². The minimum Gasteiger partial charge on any atom is -0.271 e. The van der Waals surface area contributed by atoms with E-state index >= 15 is 0 Å². The van der Waals surface area contributed by atoms with Gasteiger partial charge >= 0.3 is 0 Å². The van der Waals surface area contributed by atoms with Crippen molar-refractivity contribution in [2.45, 2.75) is 6.04 Å². The number of hydrogen-bond donors (Lipinski definition) is 2. The molecule has 1 unspecified atom stereocenters. The van der Waals surface area contributed by atoms with Gasteiger partial charge in [0.05, 0.1) is 6.04 Å². The standard InChI is InChI=1S/C13H11Br2FN2/c14-9-5-8(6-10(15)7-9)13(18-17)11-3-1-2-4-12(11)16/h1-7,13,18H,17H2. The fraction of sp³-hybridized carbons (Fsp3) is 0.0769. The number of rotatable bonds is 3. The second-order valence-electron chi connectivity index (χ2n) is 3.82. The second-order valence-corrected chi connectivity index (χ2v) is 5.66. The van der Waals surface area contributed by atoms with E-state index in [1.807, 2.05) is 18.2 Å². The summed E-state index contributed by atoms with van der Waals surface area (Å²) in [5, 5.41) is 0. The lowest BCUT2D eigenvalue weighted by Gasteiger charge is -2.18. The average molecular weight is 374 g/mol. The molecule has 94 valence electrons. The molecule has 0 heterocycles. The van der Waals surface area contributed by atoms with Crippen LogP contribution in [0.25, 0.3) is 0 Å². The van der Waals surface area contributed by atoms with E-state index in [0.717, 1.165) is 14.5 Å². The molecule has 5 heteroatoms. The van der Waals surface area contributed by atoms with Crippen molar-refractivity contribution in [3.8, 4) is 0 Å². The molecule has 1 atom stereocenters. The van der Waals surface area contributed by atoms with E-state index in [0.29, 0.717) is 5.56 Å². The number of hydrogen-bond acceptors (Lipinski definition) is 2. The molecule has 0 aliphatic carbocycles. The molecule has 2 aromatic rings. The number of hydrazine groups is 1. The summed E-state index contributed by atoms with van der Waals surface area (Å²) in [5.41, 5.74) is 4.05. The fourth-order valence-electron chi connectivity index (χ4n) is 1.82. The van der Waals surface area contributed by atoms with E-state index in [-0.39, 0.29) is 11.9 Å². The van der Waals surface area contributed by atoms with E-state index in [9.17, 15) is 4.39 Å². The Kier molecular flexibility index (Phi) is 4.50. The number of nitrogens with two attached hydrogens (primary N) is 1. The van der Waals surface area contributed by atoms with Crippen molar-refractivity contribution in [2.24, 2.45) is 5.84 Å². The highest BCUT2D eigenvalue weighted by atomic mass is 79.9. The summed E-state index contributed by atoms with van der Waals surface area (Å²) >= 11 is 6.82. The van der Waals surface area contributed by atoms with Crippen LogP contribution in [0, 0.1) is 5.82 Å². The van der Waals surface area contributed by atoms with Crippen molar-refractivity contribution in [1.82, 2.24) is 5.43 Å². The van der Waals surface area contributed by atoms with Crippen LogP contribution in [0.3, 0.4) is 0 Å². The summed E-state index contributed by atoms with van der Waals surface area (Å²) in [6.45, 7) is 0. The molecule has 0 amide bonds. The molecule has 0 aromatic heterocycles. The summed E-state index contributed by atoms with van der Waals surface area (Å²) in [7, 11) is 0. The van der Waals surface area contributed by atoms with Crippen molar-refractivity contribution >= 4 is 31.9 Å². The van der Waals surface area contributed by atoms with E-state index in [1.165, 1.54) is 6.07 Å². The Morgan fingerprint density at radius 1 is 1.06 bits per heavy atom. The van der Waals surface area contributed by atoms with Crippen molar-refractivity contribution in [2.75, 3.05) is 0 Å². The van der Waals surface area contributed by atoms with Crippen molar-refractivity contribution in [1.29, 1.82) is 0 Å². The fourth-order valence-corrected chi connectivity index (χ4v) is 3.15. The Hall–Kier alpha value is -0.750. The lowest BCUT2D eigenvalue weighted by molar-refractivity contribution is 0.560. The van der Waals surface area contributed by atoms with Gasteiger partial charge in [0.1, 0.15) is 5.82 Å². The monoisotopic (exact) mass is 372 g/mol. The Bertz CT molecular complexity index is 540. The number of benzene rings is 2. The van der Waals surface area contributed by atoms with Gasteiger partial charge < -0.3 is 0 Å². The van der Waals surface area contributed by atoms with Crippen molar-refractivity contribution < 1.29 is 4.39 Å². The topological polar surface area (TPSA) is 38.0 Å². The van der Waals surface area contributed by atoms with Crippen LogP contribution in [0.2, 0.25) is 0 Å². The van der Waals surface area contributed by atoms with Gasteiger partial charge in [-0.3, -0.25) is 5.84 Å². The van der Waals surface area contributed by atoms with Crippen LogP contribution in [0.15, 0.2) is 51.4 Å². The molecule has 0 fully saturated rings. The highest BCUT2D eigenvalue weighted by Crippen LogP contribution is 2.28. The van der Waals surface area contributed by atoms with Crippen LogP contribution < -0.4 is 11.3 Å². The van der Waals surface area contributed by atoms with Gasteiger partial charge in [0, 0.05) is 14.5 Å². The van der Waals surface area contributed by atoms with Crippen LogP contribution in [-0.2, 0) is 0 Å². The average Bonchev–Trinajstić information content (AvgIpc) is 2.31.